The van der Waals surface area contributed by atoms with Gasteiger partial charge in [-0.15, -0.1) is 0 Å². The van der Waals surface area contributed by atoms with Crippen molar-refractivity contribution in [3.05, 3.63) is 48.2 Å². The smallest absolute Gasteiger partial charge is 0.346 e. The SMILES string of the molecule is O=C(Nc1cccc(C(F)(F)F)c1)N1CCCN(c2nc3cccnc3s2)CC1. The highest BCUT2D eigenvalue weighted by atomic mass is 32.1. The molecule has 0 radical (unpaired) electrons. The van der Waals surface area contributed by atoms with E-state index in [-0.39, 0.29) is 5.69 Å². The number of rotatable bonds is 2. The van der Waals surface area contributed by atoms with Crippen LogP contribution in [0.25, 0.3) is 10.3 Å². The Labute approximate surface area is 169 Å². The predicted molar refractivity (Wildman–Crippen MR) is 106 cm³/mol. The van der Waals surface area contributed by atoms with Crippen LogP contribution in [0.3, 0.4) is 0 Å². The number of thiazole rings is 1. The van der Waals surface area contributed by atoms with Gasteiger partial charge in [0.1, 0.15) is 10.3 Å². The Hall–Kier alpha value is -2.88. The highest BCUT2D eigenvalue weighted by Gasteiger charge is 2.30. The van der Waals surface area contributed by atoms with Gasteiger partial charge in [-0.1, -0.05) is 17.4 Å². The lowest BCUT2D eigenvalue weighted by molar-refractivity contribution is -0.137. The Morgan fingerprint density at radius 2 is 1.97 bits per heavy atom. The third kappa shape index (κ3) is 4.42. The van der Waals surface area contributed by atoms with Gasteiger partial charge in [-0.3, -0.25) is 0 Å². The number of nitrogens with zero attached hydrogens (tertiary/aromatic N) is 4. The Bertz CT molecular complexity index is 989. The van der Waals surface area contributed by atoms with Crippen molar-refractivity contribution >= 4 is 38.5 Å². The summed E-state index contributed by atoms with van der Waals surface area (Å²) in [4.78, 5) is 26.1. The summed E-state index contributed by atoms with van der Waals surface area (Å²) in [6.07, 6.45) is -1.98. The van der Waals surface area contributed by atoms with Crippen LogP contribution < -0.4 is 10.2 Å². The first-order valence-electron chi connectivity index (χ1n) is 9.10. The van der Waals surface area contributed by atoms with Gasteiger partial charge in [-0.25, -0.2) is 14.8 Å². The van der Waals surface area contributed by atoms with Crippen molar-refractivity contribution in [2.24, 2.45) is 0 Å². The van der Waals surface area contributed by atoms with E-state index < -0.39 is 17.8 Å². The molecule has 10 heteroatoms. The molecule has 3 aromatic rings. The number of anilines is 2. The largest absolute Gasteiger partial charge is 0.416 e. The average Bonchev–Trinajstić information content (AvgIpc) is 2.96. The number of carbonyl (C=O) groups excluding carboxylic acids is 1. The number of aromatic nitrogens is 2. The van der Waals surface area contributed by atoms with Crippen molar-refractivity contribution in [2.75, 3.05) is 36.4 Å². The minimum Gasteiger partial charge on any atom is -0.346 e. The van der Waals surface area contributed by atoms with Crippen molar-refractivity contribution in [3.63, 3.8) is 0 Å². The fraction of sp³-hybridized carbons (Fsp3) is 0.316. The molecule has 0 spiro atoms. The molecule has 3 heterocycles. The lowest BCUT2D eigenvalue weighted by Crippen LogP contribution is -2.38. The molecule has 1 aliphatic heterocycles. The Kier molecular flexibility index (Phi) is 5.27. The molecule has 1 N–H and O–H groups in total. The van der Waals surface area contributed by atoms with Gasteiger partial charge in [0, 0.05) is 38.1 Å². The van der Waals surface area contributed by atoms with E-state index in [1.165, 1.54) is 23.5 Å². The van der Waals surface area contributed by atoms with Crippen molar-refractivity contribution in [1.82, 2.24) is 14.9 Å². The quantitative estimate of drug-likeness (QED) is 0.664. The molecule has 6 nitrogen and oxygen atoms in total. The number of halogens is 3. The number of hydrogen-bond donors (Lipinski definition) is 1. The number of pyridine rings is 1. The summed E-state index contributed by atoms with van der Waals surface area (Å²) in [6.45, 7) is 2.31. The molecule has 0 atom stereocenters. The van der Waals surface area contributed by atoms with Gasteiger partial charge in [0.2, 0.25) is 0 Å². The molecule has 1 fully saturated rings. The number of alkyl halides is 3. The minimum absolute atomic E-state index is 0.128. The van der Waals surface area contributed by atoms with Crippen LogP contribution in [-0.2, 0) is 6.18 Å². The van der Waals surface area contributed by atoms with Crippen LogP contribution >= 0.6 is 11.3 Å². The van der Waals surface area contributed by atoms with E-state index in [1.807, 2.05) is 12.1 Å². The maximum atomic E-state index is 12.9. The molecular weight excluding hydrogens is 403 g/mol. The van der Waals surface area contributed by atoms with Crippen molar-refractivity contribution < 1.29 is 18.0 Å². The van der Waals surface area contributed by atoms with E-state index >= 15 is 0 Å². The van der Waals surface area contributed by atoms with Gasteiger partial charge < -0.3 is 15.1 Å². The molecule has 1 aliphatic rings. The molecule has 0 aliphatic carbocycles. The Morgan fingerprint density at radius 1 is 1.10 bits per heavy atom. The van der Waals surface area contributed by atoms with Crippen molar-refractivity contribution in [2.45, 2.75) is 12.6 Å². The van der Waals surface area contributed by atoms with Gasteiger partial charge in [0.05, 0.1) is 5.56 Å². The maximum Gasteiger partial charge on any atom is 0.416 e. The van der Waals surface area contributed by atoms with Gasteiger partial charge in [0.25, 0.3) is 0 Å². The molecule has 2 amide bonds. The van der Waals surface area contributed by atoms with Crippen LogP contribution in [0.5, 0.6) is 0 Å². The minimum atomic E-state index is -4.45. The van der Waals surface area contributed by atoms with Gasteiger partial charge in [-0.05, 0) is 36.8 Å². The third-order valence-corrected chi connectivity index (χ3v) is 5.69. The number of urea groups is 1. The fourth-order valence-corrected chi connectivity index (χ4v) is 4.14. The first-order chi connectivity index (χ1) is 13.9. The number of amides is 2. The molecule has 0 unspecified atom stereocenters. The second-order valence-electron chi connectivity index (χ2n) is 6.66. The summed E-state index contributed by atoms with van der Waals surface area (Å²) in [5.74, 6) is 0. The summed E-state index contributed by atoms with van der Waals surface area (Å²) in [5, 5.41) is 3.43. The molecule has 1 saturated heterocycles. The van der Waals surface area contributed by atoms with E-state index in [0.717, 1.165) is 40.6 Å². The summed E-state index contributed by atoms with van der Waals surface area (Å²) in [6, 6.07) is 8.00. The van der Waals surface area contributed by atoms with Crippen molar-refractivity contribution in [1.29, 1.82) is 0 Å². The third-order valence-electron chi connectivity index (χ3n) is 4.65. The Balaban J connectivity index is 1.41. The van der Waals surface area contributed by atoms with Crippen LogP contribution in [0.4, 0.5) is 28.8 Å². The van der Waals surface area contributed by atoms with Gasteiger partial charge >= 0.3 is 12.2 Å². The molecule has 0 bridgehead atoms. The topological polar surface area (TPSA) is 61.4 Å². The second kappa shape index (κ2) is 7.86. The number of nitrogens with one attached hydrogen (secondary N) is 1. The number of fused-ring (bicyclic) bond motifs is 1. The number of benzene rings is 1. The fourth-order valence-electron chi connectivity index (χ4n) is 3.18. The van der Waals surface area contributed by atoms with E-state index in [1.54, 1.807) is 11.1 Å². The van der Waals surface area contributed by atoms with E-state index in [2.05, 4.69) is 20.2 Å². The van der Waals surface area contributed by atoms with E-state index in [0.29, 0.717) is 19.6 Å². The molecule has 152 valence electrons. The van der Waals surface area contributed by atoms with Crippen LogP contribution in [-0.4, -0.2) is 47.1 Å². The zero-order valence-corrected chi connectivity index (χ0v) is 16.1. The second-order valence-corrected chi connectivity index (χ2v) is 7.62. The molecule has 2 aromatic heterocycles. The summed E-state index contributed by atoms with van der Waals surface area (Å²) < 4.78 is 38.6. The first kappa shape index (κ1) is 19.4. The number of hydrogen-bond acceptors (Lipinski definition) is 5. The Morgan fingerprint density at radius 3 is 2.76 bits per heavy atom. The number of carbonyl (C=O) groups is 1. The summed E-state index contributed by atoms with van der Waals surface area (Å²) >= 11 is 1.51. The van der Waals surface area contributed by atoms with Crippen molar-refractivity contribution in [3.8, 4) is 0 Å². The summed E-state index contributed by atoms with van der Waals surface area (Å²) in [7, 11) is 0. The van der Waals surface area contributed by atoms with Crippen LogP contribution in [0.2, 0.25) is 0 Å². The zero-order valence-electron chi connectivity index (χ0n) is 15.3. The maximum absolute atomic E-state index is 12.9. The lowest BCUT2D eigenvalue weighted by Gasteiger charge is -2.22. The molecule has 29 heavy (non-hydrogen) atoms. The summed E-state index contributed by atoms with van der Waals surface area (Å²) in [5.41, 5.74) is 0.181. The molecule has 1 aromatic carbocycles. The van der Waals surface area contributed by atoms with Crippen LogP contribution in [0.1, 0.15) is 12.0 Å². The first-order valence-corrected chi connectivity index (χ1v) is 9.91. The predicted octanol–water partition coefficient (Wildman–Crippen LogP) is 4.45. The average molecular weight is 421 g/mol. The van der Waals surface area contributed by atoms with Crippen LogP contribution in [0.15, 0.2) is 42.6 Å². The zero-order chi connectivity index (χ0) is 20.4. The molecular formula is C19H18F3N5OS. The standard InChI is InChI=1S/C19H18F3N5OS/c20-19(21,22)13-4-1-5-14(12-13)24-17(28)26-8-3-9-27(11-10-26)18-25-15-6-2-7-23-16(15)29-18/h1-2,4-7,12H,3,8-11H2,(H,24,28). The van der Waals surface area contributed by atoms with Gasteiger partial charge in [-0.2, -0.15) is 13.2 Å². The highest BCUT2D eigenvalue weighted by molar-refractivity contribution is 7.21. The van der Waals surface area contributed by atoms with E-state index in [9.17, 15) is 18.0 Å². The lowest BCUT2D eigenvalue weighted by atomic mass is 10.2. The highest BCUT2D eigenvalue weighted by Crippen LogP contribution is 2.31. The monoisotopic (exact) mass is 421 g/mol. The van der Waals surface area contributed by atoms with Crippen LogP contribution in [0, 0.1) is 0 Å². The van der Waals surface area contributed by atoms with Gasteiger partial charge in [0.15, 0.2) is 5.13 Å². The normalized spacial score (nSPS) is 15.4. The van der Waals surface area contributed by atoms with E-state index in [4.69, 9.17) is 0 Å². The molecule has 4 rings (SSSR count). The molecule has 0 saturated carbocycles.